The van der Waals surface area contributed by atoms with Crippen molar-refractivity contribution in [1.29, 1.82) is 0 Å². The van der Waals surface area contributed by atoms with Crippen molar-refractivity contribution in [1.82, 2.24) is 15.5 Å². The predicted molar refractivity (Wildman–Crippen MR) is 125 cm³/mol. The molecule has 1 aromatic rings. The number of thiocarbonyl (C=S) groups is 1. The second-order valence-electron chi connectivity index (χ2n) is 7.64. The van der Waals surface area contributed by atoms with Gasteiger partial charge in [-0.2, -0.15) is 0 Å². The van der Waals surface area contributed by atoms with Crippen LogP contribution < -0.4 is 21.1 Å². The van der Waals surface area contributed by atoms with Gasteiger partial charge in [0, 0.05) is 13.6 Å². The maximum atomic E-state index is 12.1. The maximum Gasteiger partial charge on any atom is 0.269 e. The fourth-order valence-electron chi connectivity index (χ4n) is 3.52. The monoisotopic (exact) mass is 438 g/mol. The first-order valence-electron chi connectivity index (χ1n) is 10.3. The standard InChI is InChI=1S/C21H34N4O2S2/c1-4-11-21(2,24-20(28)23-3)29-19(18(22)26)27-17-10-8-9-16(14-17)15-25-12-6-5-7-13-25/h8-10,14,19H,4-7,11-13,15H2,1-3H3,(H2,22,26)(H2,23,24,28). The van der Waals surface area contributed by atoms with Gasteiger partial charge in [-0.1, -0.05) is 43.7 Å². The number of amides is 1. The molecule has 1 aliphatic rings. The summed E-state index contributed by atoms with van der Waals surface area (Å²) in [6, 6.07) is 7.95. The molecule has 4 N–H and O–H groups in total. The van der Waals surface area contributed by atoms with Crippen LogP contribution in [0.3, 0.4) is 0 Å². The van der Waals surface area contributed by atoms with Crippen LogP contribution in [-0.2, 0) is 11.3 Å². The molecule has 1 amide bonds. The van der Waals surface area contributed by atoms with Crippen LogP contribution in [0.5, 0.6) is 5.75 Å². The minimum absolute atomic E-state index is 0.472. The van der Waals surface area contributed by atoms with Gasteiger partial charge in [0.05, 0.1) is 4.87 Å². The number of thioether (sulfide) groups is 1. The summed E-state index contributed by atoms with van der Waals surface area (Å²) < 4.78 is 6.03. The summed E-state index contributed by atoms with van der Waals surface area (Å²) in [5, 5.41) is 6.72. The highest BCUT2D eigenvalue weighted by Gasteiger charge is 2.33. The minimum atomic E-state index is -0.816. The molecule has 1 heterocycles. The summed E-state index contributed by atoms with van der Waals surface area (Å²) >= 11 is 6.62. The van der Waals surface area contributed by atoms with Gasteiger partial charge in [-0.3, -0.25) is 9.69 Å². The molecule has 0 aromatic heterocycles. The number of benzene rings is 1. The summed E-state index contributed by atoms with van der Waals surface area (Å²) in [5.41, 5.74) is 6.04. The number of rotatable bonds is 10. The Labute approximate surface area is 184 Å². The summed E-state index contributed by atoms with van der Waals surface area (Å²) in [5.74, 6) is 0.154. The Morgan fingerprint density at radius 2 is 2.10 bits per heavy atom. The highest BCUT2D eigenvalue weighted by atomic mass is 32.2. The molecule has 1 fully saturated rings. The molecule has 0 bridgehead atoms. The van der Waals surface area contributed by atoms with Crippen molar-refractivity contribution in [3.8, 4) is 5.75 Å². The molecule has 0 spiro atoms. The Balaban J connectivity index is 2.07. The molecule has 0 aliphatic carbocycles. The summed E-state index contributed by atoms with van der Waals surface area (Å²) in [4.78, 5) is 14.1. The van der Waals surface area contributed by atoms with Gasteiger partial charge in [-0.15, -0.1) is 0 Å². The molecule has 1 aromatic carbocycles. The van der Waals surface area contributed by atoms with Crippen molar-refractivity contribution in [2.45, 2.75) is 62.8 Å². The molecule has 0 radical (unpaired) electrons. The van der Waals surface area contributed by atoms with E-state index >= 15 is 0 Å². The topological polar surface area (TPSA) is 79.6 Å². The molecule has 2 rings (SSSR count). The lowest BCUT2D eigenvalue weighted by Crippen LogP contribution is -2.49. The van der Waals surface area contributed by atoms with Gasteiger partial charge in [-0.25, -0.2) is 0 Å². The number of nitrogens with one attached hydrogen (secondary N) is 2. The van der Waals surface area contributed by atoms with E-state index in [1.165, 1.54) is 36.6 Å². The van der Waals surface area contributed by atoms with Crippen LogP contribution in [-0.4, -0.2) is 46.4 Å². The zero-order valence-corrected chi connectivity index (χ0v) is 19.3. The van der Waals surface area contributed by atoms with Crippen molar-refractivity contribution < 1.29 is 9.53 Å². The van der Waals surface area contributed by atoms with Gasteiger partial charge >= 0.3 is 0 Å². The van der Waals surface area contributed by atoms with Crippen molar-refractivity contribution in [2.24, 2.45) is 5.73 Å². The number of primary amides is 1. The number of piperidine rings is 1. The van der Waals surface area contributed by atoms with Gasteiger partial charge in [0.2, 0.25) is 5.44 Å². The second-order valence-corrected chi connectivity index (χ2v) is 9.61. The number of hydrogen-bond acceptors (Lipinski definition) is 5. The van der Waals surface area contributed by atoms with E-state index in [0.717, 1.165) is 32.5 Å². The molecule has 29 heavy (non-hydrogen) atoms. The summed E-state index contributed by atoms with van der Waals surface area (Å²) in [7, 11) is 1.77. The largest absolute Gasteiger partial charge is 0.470 e. The number of likely N-dealkylation sites (tertiary alicyclic amines) is 1. The fourth-order valence-corrected chi connectivity index (χ4v) is 5.04. The molecule has 8 heteroatoms. The molecular formula is C21H34N4O2S2. The van der Waals surface area contributed by atoms with Crippen molar-refractivity contribution in [3.63, 3.8) is 0 Å². The molecule has 6 nitrogen and oxygen atoms in total. The molecule has 2 atom stereocenters. The Morgan fingerprint density at radius 1 is 1.38 bits per heavy atom. The first kappa shape index (κ1) is 23.8. The highest BCUT2D eigenvalue weighted by molar-refractivity contribution is 8.01. The second kappa shape index (κ2) is 11.6. The fraction of sp³-hybridized carbons (Fsp3) is 0.619. The first-order chi connectivity index (χ1) is 13.8. The van der Waals surface area contributed by atoms with Crippen LogP contribution in [0.25, 0.3) is 0 Å². The average Bonchev–Trinajstić information content (AvgIpc) is 2.68. The third-order valence-corrected chi connectivity index (χ3v) is 6.60. The SMILES string of the molecule is CCCC(C)(NC(=S)NC)SC(Oc1cccc(CN2CCCCC2)c1)C(N)=O. The van der Waals surface area contributed by atoms with Crippen molar-refractivity contribution >= 4 is 35.0 Å². The molecular weight excluding hydrogens is 404 g/mol. The van der Waals surface area contributed by atoms with E-state index in [9.17, 15) is 4.79 Å². The third-order valence-electron chi connectivity index (χ3n) is 4.93. The molecule has 1 aliphatic heterocycles. The van der Waals surface area contributed by atoms with Gasteiger partial charge in [0.25, 0.3) is 5.91 Å². The number of carbonyl (C=O) groups is 1. The average molecular weight is 439 g/mol. The Kier molecular flexibility index (Phi) is 9.52. The van der Waals surface area contributed by atoms with Crippen LogP contribution in [0.2, 0.25) is 0 Å². The number of carbonyl (C=O) groups excluding carboxylic acids is 1. The summed E-state index contributed by atoms with van der Waals surface area (Å²) in [6.45, 7) is 7.27. The van der Waals surface area contributed by atoms with E-state index in [4.69, 9.17) is 22.7 Å². The number of nitrogens with two attached hydrogens (primary N) is 1. The molecule has 1 saturated heterocycles. The molecule has 0 saturated carbocycles. The summed E-state index contributed by atoms with van der Waals surface area (Å²) in [6.07, 6.45) is 5.57. The lowest BCUT2D eigenvalue weighted by atomic mass is 10.1. The molecule has 162 valence electrons. The van der Waals surface area contributed by atoms with Gasteiger partial charge < -0.3 is 21.1 Å². The van der Waals surface area contributed by atoms with Gasteiger partial charge in [0.15, 0.2) is 5.11 Å². The highest BCUT2D eigenvalue weighted by Crippen LogP contribution is 2.33. The Bertz CT molecular complexity index is 682. The quantitative estimate of drug-likeness (QED) is 0.382. The Hall–Kier alpha value is -1.51. The van der Waals surface area contributed by atoms with Gasteiger partial charge in [-0.05, 0) is 69.2 Å². The van der Waals surface area contributed by atoms with Crippen LogP contribution in [0.1, 0.15) is 51.5 Å². The lowest BCUT2D eigenvalue weighted by Gasteiger charge is -2.33. The third kappa shape index (κ3) is 8.03. The van der Waals surface area contributed by atoms with Crippen LogP contribution in [0, 0.1) is 0 Å². The first-order valence-corrected chi connectivity index (χ1v) is 11.6. The maximum absolute atomic E-state index is 12.1. The van der Waals surface area contributed by atoms with E-state index in [2.05, 4.69) is 28.5 Å². The smallest absolute Gasteiger partial charge is 0.269 e. The number of hydrogen-bond donors (Lipinski definition) is 3. The van der Waals surface area contributed by atoms with Gasteiger partial charge in [0.1, 0.15) is 5.75 Å². The van der Waals surface area contributed by atoms with Crippen molar-refractivity contribution in [3.05, 3.63) is 29.8 Å². The lowest BCUT2D eigenvalue weighted by molar-refractivity contribution is -0.121. The van der Waals surface area contributed by atoms with E-state index in [1.807, 2.05) is 25.1 Å². The van der Waals surface area contributed by atoms with Crippen molar-refractivity contribution in [2.75, 3.05) is 20.1 Å². The zero-order valence-electron chi connectivity index (χ0n) is 17.7. The normalized spacial score (nSPS) is 17.8. The molecule has 2 unspecified atom stereocenters. The van der Waals surface area contributed by atoms with E-state index < -0.39 is 16.2 Å². The van der Waals surface area contributed by atoms with Crippen LogP contribution >= 0.6 is 24.0 Å². The van der Waals surface area contributed by atoms with E-state index in [-0.39, 0.29) is 0 Å². The minimum Gasteiger partial charge on any atom is -0.470 e. The number of ether oxygens (including phenoxy) is 1. The van der Waals surface area contributed by atoms with E-state index in [0.29, 0.717) is 10.9 Å². The van der Waals surface area contributed by atoms with Crippen LogP contribution in [0.4, 0.5) is 0 Å². The Morgan fingerprint density at radius 3 is 2.72 bits per heavy atom. The van der Waals surface area contributed by atoms with Crippen LogP contribution in [0.15, 0.2) is 24.3 Å². The number of nitrogens with zero attached hydrogens (tertiary/aromatic N) is 1. The predicted octanol–water partition coefficient (Wildman–Crippen LogP) is 3.21. The zero-order chi connectivity index (χ0) is 21.3. The van der Waals surface area contributed by atoms with E-state index in [1.54, 1.807) is 7.05 Å².